The maximum Gasteiger partial charge on any atom is 0.232 e. The van der Waals surface area contributed by atoms with E-state index in [0.29, 0.717) is 6.54 Å². The number of aromatic nitrogens is 1. The second-order valence-corrected chi connectivity index (χ2v) is 10.0. The van der Waals surface area contributed by atoms with Crippen LogP contribution in [0, 0.1) is 0 Å². The Labute approximate surface area is 170 Å². The molecule has 0 N–H and O–H groups in total. The predicted molar refractivity (Wildman–Crippen MR) is 118 cm³/mol. The number of hydrogen-bond acceptors (Lipinski definition) is 5. The second kappa shape index (κ2) is 7.22. The Morgan fingerprint density at radius 3 is 2.46 bits per heavy atom. The lowest BCUT2D eigenvalue weighted by Crippen LogP contribution is -2.34. The molecule has 1 aliphatic rings. The molecular weight excluding hydrogens is 390 g/mol. The van der Waals surface area contributed by atoms with Gasteiger partial charge in [-0.3, -0.25) is 4.31 Å². The molecule has 2 heterocycles. The van der Waals surface area contributed by atoms with Gasteiger partial charge in [-0.1, -0.05) is 6.07 Å². The third-order valence-electron chi connectivity index (χ3n) is 4.99. The Balaban J connectivity index is 1.64. The number of sulfonamides is 1. The summed E-state index contributed by atoms with van der Waals surface area (Å²) in [6, 6.07) is 14.3. The normalized spacial score (nSPS) is 14.0. The minimum Gasteiger partial charge on any atom is -0.378 e. The summed E-state index contributed by atoms with van der Waals surface area (Å²) in [5.41, 5.74) is 6.08. The average Bonchev–Trinajstić information content (AvgIpc) is 3.16. The number of anilines is 2. The van der Waals surface area contributed by atoms with E-state index in [9.17, 15) is 8.42 Å². The van der Waals surface area contributed by atoms with Gasteiger partial charge in [-0.2, -0.15) is 0 Å². The average molecular weight is 414 g/mol. The molecule has 5 nitrogen and oxygen atoms in total. The molecule has 0 unspecified atom stereocenters. The Morgan fingerprint density at radius 1 is 1.07 bits per heavy atom. The summed E-state index contributed by atoms with van der Waals surface area (Å²) in [6.45, 7) is 0.551. The van der Waals surface area contributed by atoms with Crippen molar-refractivity contribution in [3.8, 4) is 21.8 Å². The molecule has 4 rings (SSSR count). The molecule has 0 saturated heterocycles. The van der Waals surface area contributed by atoms with Gasteiger partial charge >= 0.3 is 0 Å². The first-order valence-corrected chi connectivity index (χ1v) is 11.9. The Hall–Kier alpha value is -2.38. The van der Waals surface area contributed by atoms with E-state index in [1.807, 2.05) is 26.2 Å². The van der Waals surface area contributed by atoms with Gasteiger partial charge in [0, 0.05) is 42.8 Å². The van der Waals surface area contributed by atoms with Crippen LogP contribution < -0.4 is 9.21 Å². The zero-order chi connectivity index (χ0) is 19.9. The third-order valence-corrected chi connectivity index (χ3v) is 7.06. The highest BCUT2D eigenvalue weighted by atomic mass is 32.2. The largest absolute Gasteiger partial charge is 0.378 e. The number of hydrogen-bond donors (Lipinski definition) is 0. The minimum atomic E-state index is -3.24. The smallest absolute Gasteiger partial charge is 0.232 e. The van der Waals surface area contributed by atoms with Crippen LogP contribution >= 0.6 is 11.3 Å². The van der Waals surface area contributed by atoms with E-state index in [2.05, 4.69) is 40.6 Å². The van der Waals surface area contributed by atoms with Crippen molar-refractivity contribution in [2.24, 2.45) is 0 Å². The molecule has 0 atom stereocenters. The Morgan fingerprint density at radius 2 is 1.79 bits per heavy atom. The van der Waals surface area contributed by atoms with Crippen molar-refractivity contribution in [2.75, 3.05) is 36.1 Å². The van der Waals surface area contributed by atoms with Gasteiger partial charge in [-0.15, -0.1) is 11.3 Å². The summed E-state index contributed by atoms with van der Waals surface area (Å²) >= 11 is 1.62. The zero-order valence-corrected chi connectivity index (χ0v) is 17.8. The summed E-state index contributed by atoms with van der Waals surface area (Å²) in [5, 5.41) is 3.05. The van der Waals surface area contributed by atoms with Gasteiger partial charge in [0.2, 0.25) is 10.0 Å². The summed E-state index contributed by atoms with van der Waals surface area (Å²) in [7, 11) is 0.808. The lowest BCUT2D eigenvalue weighted by molar-refractivity contribution is 0.592. The Bertz CT molecular complexity index is 1100. The van der Waals surface area contributed by atoms with Gasteiger partial charge in [-0.25, -0.2) is 13.4 Å². The second-order valence-electron chi connectivity index (χ2n) is 7.26. The fraction of sp³-hybridized carbons (Fsp3) is 0.286. The van der Waals surface area contributed by atoms with Crippen LogP contribution in [0.1, 0.15) is 12.0 Å². The van der Waals surface area contributed by atoms with Crippen LogP contribution in [0.4, 0.5) is 11.4 Å². The molecular formula is C21H23N3O2S2. The van der Waals surface area contributed by atoms with Crippen LogP contribution in [0.15, 0.2) is 47.8 Å². The van der Waals surface area contributed by atoms with Crippen LogP contribution in [-0.2, 0) is 16.4 Å². The van der Waals surface area contributed by atoms with Crippen LogP contribution in [-0.4, -0.2) is 40.3 Å². The SMILES string of the molecule is CN(C)c1ccc(-c2nc(-c3ccc4c(c3)CCCN4S(C)(=O)=O)cs2)cc1. The standard InChI is InChI=1S/C21H23N3O2S2/c1-23(2)18-9-6-15(7-10-18)21-22-19(14-27-21)16-8-11-20-17(13-16)5-4-12-24(20)28(3,25)26/h6-11,13-14H,4-5,12H2,1-3H3. The molecule has 2 aromatic carbocycles. The summed E-state index contributed by atoms with van der Waals surface area (Å²) < 4.78 is 25.6. The maximum absolute atomic E-state index is 12.0. The van der Waals surface area contributed by atoms with Crippen molar-refractivity contribution in [3.63, 3.8) is 0 Å². The first kappa shape index (κ1) is 19.0. The van der Waals surface area contributed by atoms with Crippen LogP contribution in [0.2, 0.25) is 0 Å². The number of nitrogens with zero attached hydrogens (tertiary/aromatic N) is 3. The van der Waals surface area contributed by atoms with Crippen molar-refractivity contribution in [1.29, 1.82) is 0 Å². The highest BCUT2D eigenvalue weighted by Crippen LogP contribution is 2.35. The molecule has 0 aliphatic carbocycles. The van der Waals surface area contributed by atoms with E-state index in [1.165, 1.54) is 10.6 Å². The maximum atomic E-state index is 12.0. The van der Waals surface area contributed by atoms with Gasteiger partial charge < -0.3 is 4.90 Å². The lowest BCUT2D eigenvalue weighted by atomic mass is 10.00. The van der Waals surface area contributed by atoms with Crippen LogP contribution in [0.5, 0.6) is 0 Å². The Kier molecular flexibility index (Phi) is 4.89. The van der Waals surface area contributed by atoms with Crippen molar-refractivity contribution < 1.29 is 8.42 Å². The molecule has 7 heteroatoms. The molecule has 1 aromatic heterocycles. The fourth-order valence-corrected chi connectivity index (χ4v) is 5.34. The molecule has 0 spiro atoms. The quantitative estimate of drug-likeness (QED) is 0.641. The lowest BCUT2D eigenvalue weighted by Gasteiger charge is -2.29. The predicted octanol–water partition coefficient (Wildman–Crippen LogP) is 4.26. The zero-order valence-electron chi connectivity index (χ0n) is 16.2. The highest BCUT2D eigenvalue weighted by Gasteiger charge is 2.24. The minimum absolute atomic E-state index is 0.551. The number of benzene rings is 2. The highest BCUT2D eigenvalue weighted by molar-refractivity contribution is 7.92. The van der Waals surface area contributed by atoms with E-state index < -0.39 is 10.0 Å². The first-order chi connectivity index (χ1) is 13.3. The van der Waals surface area contributed by atoms with Crippen LogP contribution in [0.25, 0.3) is 21.8 Å². The number of thiazole rings is 1. The summed E-state index contributed by atoms with van der Waals surface area (Å²) in [4.78, 5) is 6.89. The molecule has 0 radical (unpaired) electrons. The molecule has 146 valence electrons. The van der Waals surface area contributed by atoms with Crippen molar-refractivity contribution >= 4 is 32.7 Å². The van der Waals surface area contributed by atoms with Crippen molar-refractivity contribution in [3.05, 3.63) is 53.4 Å². The molecule has 0 saturated carbocycles. The van der Waals surface area contributed by atoms with E-state index in [1.54, 1.807) is 11.3 Å². The molecule has 0 amide bonds. The summed E-state index contributed by atoms with van der Waals surface area (Å²) in [6.07, 6.45) is 2.99. The van der Waals surface area contributed by atoms with Crippen LogP contribution in [0.3, 0.4) is 0 Å². The first-order valence-electron chi connectivity index (χ1n) is 9.17. The van der Waals surface area contributed by atoms with Gasteiger partial charge in [0.15, 0.2) is 0 Å². The molecule has 0 bridgehead atoms. The van der Waals surface area contributed by atoms with Gasteiger partial charge in [0.25, 0.3) is 0 Å². The third kappa shape index (κ3) is 3.64. The molecule has 3 aromatic rings. The van der Waals surface area contributed by atoms with Gasteiger partial charge in [0.1, 0.15) is 5.01 Å². The van der Waals surface area contributed by atoms with Gasteiger partial charge in [-0.05, 0) is 54.8 Å². The fourth-order valence-electron chi connectivity index (χ4n) is 3.51. The number of fused-ring (bicyclic) bond motifs is 1. The topological polar surface area (TPSA) is 53.5 Å². The molecule has 28 heavy (non-hydrogen) atoms. The number of aryl methyl sites for hydroxylation is 1. The monoisotopic (exact) mass is 413 g/mol. The number of rotatable bonds is 4. The van der Waals surface area contributed by atoms with E-state index in [0.717, 1.165) is 51.6 Å². The van der Waals surface area contributed by atoms with Crippen molar-refractivity contribution in [1.82, 2.24) is 4.98 Å². The molecule has 1 aliphatic heterocycles. The molecule has 0 fully saturated rings. The van der Waals surface area contributed by atoms with E-state index in [-0.39, 0.29) is 0 Å². The van der Waals surface area contributed by atoms with Crippen molar-refractivity contribution in [2.45, 2.75) is 12.8 Å². The van der Waals surface area contributed by atoms with E-state index >= 15 is 0 Å². The van der Waals surface area contributed by atoms with E-state index in [4.69, 9.17) is 4.98 Å². The summed E-state index contributed by atoms with van der Waals surface area (Å²) in [5.74, 6) is 0. The van der Waals surface area contributed by atoms with Gasteiger partial charge in [0.05, 0.1) is 17.6 Å².